The molecule has 86 valence electrons. The molecule has 4 heteroatoms. The van der Waals surface area contributed by atoms with Gasteiger partial charge in [-0.2, -0.15) is 0 Å². The van der Waals surface area contributed by atoms with Crippen molar-refractivity contribution in [3.05, 3.63) is 23.8 Å². The second-order valence-electron chi connectivity index (χ2n) is 4.12. The maximum absolute atomic E-state index is 11.7. The summed E-state index contributed by atoms with van der Waals surface area (Å²) >= 11 is 0. The van der Waals surface area contributed by atoms with E-state index in [0.29, 0.717) is 13.0 Å². The number of rotatable bonds is 2. The summed E-state index contributed by atoms with van der Waals surface area (Å²) in [6.45, 7) is 2.56. The highest BCUT2D eigenvalue weighted by atomic mass is 16.5. The number of hydrogen-bond acceptors (Lipinski definition) is 3. The largest absolute Gasteiger partial charge is 0.496 e. The molecule has 1 aromatic carbocycles. The van der Waals surface area contributed by atoms with Gasteiger partial charge in [-0.05, 0) is 30.7 Å². The van der Waals surface area contributed by atoms with Gasteiger partial charge in [-0.15, -0.1) is 0 Å². The highest BCUT2D eigenvalue weighted by molar-refractivity contribution is 5.96. The van der Waals surface area contributed by atoms with Crippen molar-refractivity contribution < 1.29 is 9.53 Å². The van der Waals surface area contributed by atoms with Gasteiger partial charge in [0.1, 0.15) is 5.75 Å². The van der Waals surface area contributed by atoms with Crippen LogP contribution < -0.4 is 15.4 Å². The summed E-state index contributed by atoms with van der Waals surface area (Å²) in [4.78, 5) is 13.4. The predicted octanol–water partition coefficient (Wildman–Crippen LogP) is 1.07. The first-order valence-electron chi connectivity index (χ1n) is 5.32. The van der Waals surface area contributed by atoms with Crippen molar-refractivity contribution in [3.8, 4) is 5.75 Å². The van der Waals surface area contributed by atoms with E-state index in [0.717, 1.165) is 17.0 Å². The number of carbonyl (C=O) groups is 1. The SMILES string of the molecule is COc1ccc(N2CC(N)CC2=O)cc1C. The van der Waals surface area contributed by atoms with Crippen molar-refractivity contribution in [1.29, 1.82) is 0 Å². The second-order valence-corrected chi connectivity index (χ2v) is 4.12. The van der Waals surface area contributed by atoms with E-state index in [1.165, 1.54) is 0 Å². The van der Waals surface area contributed by atoms with Crippen LogP contribution in [0, 0.1) is 6.92 Å². The summed E-state index contributed by atoms with van der Waals surface area (Å²) < 4.78 is 5.18. The molecule has 0 saturated carbocycles. The fourth-order valence-electron chi connectivity index (χ4n) is 2.02. The Morgan fingerprint density at radius 1 is 1.50 bits per heavy atom. The van der Waals surface area contributed by atoms with Gasteiger partial charge in [0.2, 0.25) is 5.91 Å². The Balaban J connectivity index is 2.28. The minimum atomic E-state index is -0.0464. The first-order valence-corrected chi connectivity index (χ1v) is 5.32. The molecule has 0 spiro atoms. The average Bonchev–Trinajstić information content (AvgIpc) is 2.58. The van der Waals surface area contributed by atoms with E-state index in [1.807, 2.05) is 25.1 Å². The molecule has 1 heterocycles. The summed E-state index contributed by atoms with van der Waals surface area (Å²) in [6, 6.07) is 5.67. The van der Waals surface area contributed by atoms with Crippen LogP contribution in [0.25, 0.3) is 0 Å². The molecule has 2 rings (SSSR count). The normalized spacial score (nSPS) is 20.3. The molecule has 2 N–H and O–H groups in total. The summed E-state index contributed by atoms with van der Waals surface area (Å²) in [7, 11) is 1.64. The van der Waals surface area contributed by atoms with Gasteiger partial charge >= 0.3 is 0 Å². The van der Waals surface area contributed by atoms with Crippen LogP contribution in [0.5, 0.6) is 5.75 Å². The van der Waals surface area contributed by atoms with Crippen LogP contribution in [0.4, 0.5) is 5.69 Å². The molecule has 1 amide bonds. The van der Waals surface area contributed by atoms with Crippen LogP contribution in [-0.4, -0.2) is 25.6 Å². The van der Waals surface area contributed by atoms with Gasteiger partial charge in [0, 0.05) is 24.7 Å². The predicted molar refractivity (Wildman–Crippen MR) is 62.7 cm³/mol. The van der Waals surface area contributed by atoms with Crippen LogP contribution in [0.3, 0.4) is 0 Å². The smallest absolute Gasteiger partial charge is 0.228 e. The molecule has 4 nitrogen and oxygen atoms in total. The van der Waals surface area contributed by atoms with Crippen LogP contribution in [0.2, 0.25) is 0 Å². The molecule has 0 aliphatic carbocycles. The van der Waals surface area contributed by atoms with Gasteiger partial charge in [0.25, 0.3) is 0 Å². The number of carbonyl (C=O) groups excluding carboxylic acids is 1. The molecule has 1 unspecified atom stereocenters. The number of methoxy groups -OCH3 is 1. The molecule has 16 heavy (non-hydrogen) atoms. The lowest BCUT2D eigenvalue weighted by Crippen LogP contribution is -2.27. The molecule has 1 atom stereocenters. The Bertz CT molecular complexity index is 417. The number of benzene rings is 1. The third-order valence-electron chi connectivity index (χ3n) is 2.85. The molecule has 1 aliphatic rings. The van der Waals surface area contributed by atoms with Gasteiger partial charge in [0.05, 0.1) is 7.11 Å². The maximum atomic E-state index is 11.7. The van der Waals surface area contributed by atoms with Crippen molar-refractivity contribution in [2.75, 3.05) is 18.6 Å². The number of amides is 1. The van der Waals surface area contributed by atoms with Crippen molar-refractivity contribution >= 4 is 11.6 Å². The Morgan fingerprint density at radius 2 is 2.25 bits per heavy atom. The third kappa shape index (κ3) is 1.88. The number of hydrogen-bond donors (Lipinski definition) is 1. The minimum absolute atomic E-state index is 0.0464. The van der Waals surface area contributed by atoms with Crippen LogP contribution in [0.15, 0.2) is 18.2 Å². The summed E-state index contributed by atoms with van der Waals surface area (Å²) in [5.41, 5.74) is 7.68. The van der Waals surface area contributed by atoms with Crippen molar-refractivity contribution in [1.82, 2.24) is 0 Å². The molecular formula is C12H16N2O2. The first kappa shape index (κ1) is 11.0. The van der Waals surface area contributed by atoms with Crippen LogP contribution >= 0.6 is 0 Å². The maximum Gasteiger partial charge on any atom is 0.228 e. The van der Waals surface area contributed by atoms with Crippen molar-refractivity contribution in [3.63, 3.8) is 0 Å². The Hall–Kier alpha value is -1.55. The van der Waals surface area contributed by atoms with Gasteiger partial charge in [0.15, 0.2) is 0 Å². The summed E-state index contributed by atoms with van der Waals surface area (Å²) in [6.07, 6.45) is 0.436. The lowest BCUT2D eigenvalue weighted by atomic mass is 10.2. The highest BCUT2D eigenvalue weighted by Gasteiger charge is 2.28. The van der Waals surface area contributed by atoms with Gasteiger partial charge in [-0.1, -0.05) is 0 Å². The van der Waals surface area contributed by atoms with Crippen molar-refractivity contribution in [2.24, 2.45) is 5.73 Å². The number of nitrogens with zero attached hydrogens (tertiary/aromatic N) is 1. The topological polar surface area (TPSA) is 55.6 Å². The molecule has 0 bridgehead atoms. The fraction of sp³-hybridized carbons (Fsp3) is 0.417. The molecule has 0 radical (unpaired) electrons. The second kappa shape index (κ2) is 4.14. The fourth-order valence-corrected chi connectivity index (χ4v) is 2.02. The van der Waals surface area contributed by atoms with Crippen molar-refractivity contribution in [2.45, 2.75) is 19.4 Å². The number of aryl methyl sites for hydroxylation is 1. The van der Waals surface area contributed by atoms with Gasteiger partial charge < -0.3 is 15.4 Å². The zero-order chi connectivity index (χ0) is 11.7. The monoisotopic (exact) mass is 220 g/mol. The summed E-state index contributed by atoms with van der Waals surface area (Å²) in [5, 5.41) is 0. The van der Waals surface area contributed by atoms with E-state index in [1.54, 1.807) is 12.0 Å². The summed E-state index contributed by atoms with van der Waals surface area (Å²) in [5.74, 6) is 0.928. The number of ether oxygens (including phenoxy) is 1. The average molecular weight is 220 g/mol. The molecular weight excluding hydrogens is 204 g/mol. The standard InChI is InChI=1S/C12H16N2O2/c1-8-5-10(3-4-11(8)16-2)14-7-9(13)6-12(14)15/h3-5,9H,6-7,13H2,1-2H3. The van der Waals surface area contributed by atoms with E-state index >= 15 is 0 Å². The van der Waals surface area contributed by atoms with E-state index < -0.39 is 0 Å². The zero-order valence-electron chi connectivity index (χ0n) is 9.56. The molecule has 0 aromatic heterocycles. The Labute approximate surface area is 95.0 Å². The minimum Gasteiger partial charge on any atom is -0.496 e. The van der Waals surface area contributed by atoms with E-state index in [9.17, 15) is 4.79 Å². The Kier molecular flexibility index (Phi) is 2.83. The first-order chi connectivity index (χ1) is 7.61. The lowest BCUT2D eigenvalue weighted by Gasteiger charge is -2.17. The molecule has 1 saturated heterocycles. The van der Waals surface area contributed by atoms with Crippen LogP contribution in [0.1, 0.15) is 12.0 Å². The van der Waals surface area contributed by atoms with E-state index in [-0.39, 0.29) is 11.9 Å². The Morgan fingerprint density at radius 3 is 2.75 bits per heavy atom. The molecule has 1 fully saturated rings. The quantitative estimate of drug-likeness (QED) is 0.811. The third-order valence-corrected chi connectivity index (χ3v) is 2.85. The van der Waals surface area contributed by atoms with Crippen LogP contribution in [-0.2, 0) is 4.79 Å². The van der Waals surface area contributed by atoms with E-state index in [4.69, 9.17) is 10.5 Å². The molecule has 1 aromatic rings. The highest BCUT2D eigenvalue weighted by Crippen LogP contribution is 2.26. The number of nitrogens with two attached hydrogens (primary N) is 1. The van der Waals surface area contributed by atoms with Gasteiger partial charge in [-0.25, -0.2) is 0 Å². The number of anilines is 1. The van der Waals surface area contributed by atoms with Gasteiger partial charge in [-0.3, -0.25) is 4.79 Å². The lowest BCUT2D eigenvalue weighted by molar-refractivity contribution is -0.117. The zero-order valence-corrected chi connectivity index (χ0v) is 9.56. The van der Waals surface area contributed by atoms with E-state index in [2.05, 4.69) is 0 Å². The molecule has 1 aliphatic heterocycles.